The van der Waals surface area contributed by atoms with Gasteiger partial charge in [0.25, 0.3) is 0 Å². The molecule has 0 heteroatoms. The Kier molecular flexibility index (Phi) is 6.77. The van der Waals surface area contributed by atoms with Crippen LogP contribution in [0.3, 0.4) is 0 Å². The van der Waals surface area contributed by atoms with Gasteiger partial charge in [-0.25, -0.2) is 0 Å². The fourth-order valence-corrected chi connectivity index (χ4v) is 1.56. The number of rotatable bonds is 2. The minimum Gasteiger partial charge on any atom is -0.103 e. The molecule has 0 atom stereocenters. The van der Waals surface area contributed by atoms with Crippen molar-refractivity contribution in [3.05, 3.63) is 48.0 Å². The quantitative estimate of drug-likeness (QED) is 0.586. The summed E-state index contributed by atoms with van der Waals surface area (Å²) in [6.45, 7) is 14.3. The molecule has 0 bridgehead atoms. The molecule has 1 aromatic rings. The predicted molar refractivity (Wildman–Crippen MR) is 70.5 cm³/mol. The minimum absolute atomic E-state index is 0.642. The highest BCUT2D eigenvalue weighted by Gasteiger charge is 2.07. The third-order valence-electron chi connectivity index (χ3n) is 2.24. The lowest BCUT2D eigenvalue weighted by Crippen LogP contribution is -1.97. The molecule has 0 aliphatic carbocycles. The Morgan fingerprint density at radius 3 is 1.40 bits per heavy atom. The predicted octanol–water partition coefficient (Wildman–Crippen LogP) is 5.13. The van der Waals surface area contributed by atoms with Crippen molar-refractivity contribution < 1.29 is 0 Å². The second-order valence-corrected chi connectivity index (χ2v) is 4.35. The summed E-state index contributed by atoms with van der Waals surface area (Å²) in [4.78, 5) is 0. The number of allylic oxidation sites excluding steroid dienone is 1. The first-order valence-electron chi connectivity index (χ1n) is 5.70. The van der Waals surface area contributed by atoms with Gasteiger partial charge in [0.15, 0.2) is 0 Å². The van der Waals surface area contributed by atoms with Crippen LogP contribution in [0, 0.1) is 0 Å². The molecule has 0 heterocycles. The van der Waals surface area contributed by atoms with Crippen molar-refractivity contribution in [2.45, 2.75) is 46.5 Å². The number of benzene rings is 1. The van der Waals surface area contributed by atoms with Gasteiger partial charge < -0.3 is 0 Å². The number of hydrogen-bond donors (Lipinski definition) is 0. The van der Waals surface area contributed by atoms with Crippen LogP contribution in [0.25, 0.3) is 0 Å². The van der Waals surface area contributed by atoms with E-state index in [-0.39, 0.29) is 0 Å². The molecule has 0 aromatic heterocycles. The van der Waals surface area contributed by atoms with Crippen molar-refractivity contribution in [1.82, 2.24) is 0 Å². The molecular formula is C15H24. The van der Waals surface area contributed by atoms with E-state index < -0.39 is 0 Å². The van der Waals surface area contributed by atoms with Gasteiger partial charge >= 0.3 is 0 Å². The third kappa shape index (κ3) is 4.83. The van der Waals surface area contributed by atoms with E-state index in [1.165, 1.54) is 11.1 Å². The topological polar surface area (TPSA) is 0 Å². The Labute approximate surface area is 95.0 Å². The Hall–Kier alpha value is -1.04. The van der Waals surface area contributed by atoms with Gasteiger partial charge in [-0.2, -0.15) is 0 Å². The Morgan fingerprint density at radius 1 is 0.933 bits per heavy atom. The van der Waals surface area contributed by atoms with Gasteiger partial charge in [0.05, 0.1) is 0 Å². The monoisotopic (exact) mass is 204 g/mol. The third-order valence-corrected chi connectivity index (χ3v) is 2.24. The molecular weight excluding hydrogens is 180 g/mol. The number of hydrogen-bond acceptors (Lipinski definition) is 0. The van der Waals surface area contributed by atoms with Crippen LogP contribution in [0.2, 0.25) is 0 Å². The summed E-state index contributed by atoms with van der Waals surface area (Å²) in [7, 11) is 0. The van der Waals surface area contributed by atoms with E-state index >= 15 is 0 Å². The van der Waals surface area contributed by atoms with Crippen molar-refractivity contribution in [2.75, 3.05) is 0 Å². The van der Waals surface area contributed by atoms with Crippen LogP contribution in [0.1, 0.15) is 57.6 Å². The highest BCUT2D eigenvalue weighted by molar-refractivity contribution is 5.31. The molecule has 15 heavy (non-hydrogen) atoms. The second kappa shape index (κ2) is 7.28. The maximum Gasteiger partial charge on any atom is -0.0216 e. The minimum atomic E-state index is 0.642. The molecule has 1 rings (SSSR count). The highest BCUT2D eigenvalue weighted by Crippen LogP contribution is 2.25. The van der Waals surface area contributed by atoms with Gasteiger partial charge in [-0.15, -0.1) is 6.58 Å². The van der Waals surface area contributed by atoms with Crippen LogP contribution < -0.4 is 0 Å². The van der Waals surface area contributed by atoms with Crippen molar-refractivity contribution in [3.8, 4) is 0 Å². The molecule has 0 radical (unpaired) electrons. The lowest BCUT2D eigenvalue weighted by Gasteiger charge is -2.14. The van der Waals surface area contributed by atoms with Gasteiger partial charge in [0.1, 0.15) is 0 Å². The molecule has 84 valence electrons. The summed E-state index contributed by atoms with van der Waals surface area (Å²) in [6.07, 6.45) is 1.75. The van der Waals surface area contributed by atoms with Gasteiger partial charge in [0.2, 0.25) is 0 Å². The van der Waals surface area contributed by atoms with Crippen LogP contribution in [0.15, 0.2) is 36.9 Å². The first kappa shape index (κ1) is 14.0. The molecule has 0 aliphatic heterocycles. The fraction of sp³-hybridized carbons (Fsp3) is 0.467. The second-order valence-electron chi connectivity index (χ2n) is 4.35. The summed E-state index contributed by atoms with van der Waals surface area (Å²) >= 11 is 0. The van der Waals surface area contributed by atoms with Crippen LogP contribution in [-0.2, 0) is 0 Å². The largest absolute Gasteiger partial charge is 0.103 e. The first-order chi connectivity index (χ1) is 7.04. The zero-order chi connectivity index (χ0) is 11.8. The molecule has 0 amide bonds. The Bertz CT molecular complexity index is 255. The molecule has 0 nitrogen and oxygen atoms in total. The molecule has 0 saturated carbocycles. The molecule has 0 saturated heterocycles. The van der Waals surface area contributed by atoms with Crippen molar-refractivity contribution in [1.29, 1.82) is 0 Å². The van der Waals surface area contributed by atoms with Crippen LogP contribution in [0.5, 0.6) is 0 Å². The molecule has 0 unspecified atom stereocenters. The molecule has 0 spiro atoms. The summed E-state index contributed by atoms with van der Waals surface area (Å²) in [5.41, 5.74) is 2.99. The lowest BCUT2D eigenvalue weighted by molar-refractivity contribution is 0.790. The lowest BCUT2D eigenvalue weighted by atomic mass is 9.91. The highest BCUT2D eigenvalue weighted by atomic mass is 14.1. The van der Waals surface area contributed by atoms with Crippen LogP contribution >= 0.6 is 0 Å². The molecule has 1 aromatic carbocycles. The van der Waals surface area contributed by atoms with Gasteiger partial charge in [-0.3, -0.25) is 0 Å². The van der Waals surface area contributed by atoms with Crippen LogP contribution in [0.4, 0.5) is 0 Å². The fourth-order valence-electron chi connectivity index (χ4n) is 1.56. The molecule has 0 fully saturated rings. The average molecular weight is 204 g/mol. The van der Waals surface area contributed by atoms with E-state index in [1.54, 1.807) is 6.08 Å². The van der Waals surface area contributed by atoms with Crippen molar-refractivity contribution in [2.24, 2.45) is 0 Å². The normalized spacial score (nSPS) is 9.80. The van der Waals surface area contributed by atoms with Crippen LogP contribution in [-0.4, -0.2) is 0 Å². The summed E-state index contributed by atoms with van der Waals surface area (Å²) in [5.74, 6) is 1.28. The van der Waals surface area contributed by atoms with Crippen molar-refractivity contribution >= 4 is 0 Å². The zero-order valence-electron chi connectivity index (χ0n) is 10.7. The SMILES string of the molecule is C=CC.CC(C)c1ccccc1C(C)C. The van der Waals surface area contributed by atoms with E-state index in [1.807, 2.05) is 6.92 Å². The molecule has 0 aliphatic rings. The van der Waals surface area contributed by atoms with Gasteiger partial charge in [-0.05, 0) is 29.9 Å². The van der Waals surface area contributed by atoms with Gasteiger partial charge in [0, 0.05) is 0 Å². The van der Waals surface area contributed by atoms with E-state index in [4.69, 9.17) is 0 Å². The zero-order valence-corrected chi connectivity index (χ0v) is 10.7. The summed E-state index contributed by atoms with van der Waals surface area (Å²) in [5, 5.41) is 0. The maximum atomic E-state index is 3.36. The van der Waals surface area contributed by atoms with Crippen molar-refractivity contribution in [3.63, 3.8) is 0 Å². The Balaban J connectivity index is 0.000000583. The Morgan fingerprint density at radius 2 is 1.20 bits per heavy atom. The van der Waals surface area contributed by atoms with Gasteiger partial charge in [-0.1, -0.05) is 58.0 Å². The standard InChI is InChI=1S/C12H18.C3H6/c1-9(2)11-7-5-6-8-12(11)10(3)4;1-3-2/h5-10H,1-4H3;3H,1H2,2H3. The smallest absolute Gasteiger partial charge is 0.0216 e. The summed E-state index contributed by atoms with van der Waals surface area (Å²) in [6, 6.07) is 8.72. The summed E-state index contributed by atoms with van der Waals surface area (Å²) < 4.78 is 0. The maximum absolute atomic E-state index is 3.36. The van der Waals surface area contributed by atoms with E-state index in [0.717, 1.165) is 0 Å². The first-order valence-corrected chi connectivity index (χ1v) is 5.70. The molecule has 0 N–H and O–H groups in total. The van der Waals surface area contributed by atoms with E-state index in [2.05, 4.69) is 58.5 Å². The average Bonchev–Trinajstić information content (AvgIpc) is 2.19. The van der Waals surface area contributed by atoms with E-state index in [9.17, 15) is 0 Å². The van der Waals surface area contributed by atoms with E-state index in [0.29, 0.717) is 11.8 Å².